The van der Waals surface area contributed by atoms with Crippen molar-refractivity contribution < 1.29 is 14.6 Å². The van der Waals surface area contributed by atoms with Crippen LogP contribution in [0, 0.1) is 0 Å². The Morgan fingerprint density at radius 1 is 1.24 bits per heavy atom. The fourth-order valence-corrected chi connectivity index (χ4v) is 3.03. The SMILES string of the molecule is O=C(O)N1CCC2(CC1)CN(C1CC1)CCO2. The monoisotopic (exact) mass is 240 g/mol. The lowest BCUT2D eigenvalue weighted by Gasteiger charge is -2.47. The molecular formula is C12H20N2O3. The third kappa shape index (κ3) is 2.26. The molecule has 0 atom stereocenters. The first-order valence-corrected chi connectivity index (χ1v) is 6.54. The Balaban J connectivity index is 1.60. The predicted octanol–water partition coefficient (Wildman–Crippen LogP) is 0.994. The van der Waals surface area contributed by atoms with E-state index in [1.54, 1.807) is 0 Å². The molecular weight excluding hydrogens is 220 g/mol. The van der Waals surface area contributed by atoms with Crippen molar-refractivity contribution in [3.05, 3.63) is 0 Å². The Morgan fingerprint density at radius 3 is 2.53 bits per heavy atom. The van der Waals surface area contributed by atoms with Crippen molar-refractivity contribution in [1.82, 2.24) is 9.80 Å². The second-order valence-corrected chi connectivity index (χ2v) is 5.50. The molecule has 1 spiro atoms. The first kappa shape index (κ1) is 11.3. The van der Waals surface area contributed by atoms with Crippen LogP contribution >= 0.6 is 0 Å². The molecule has 96 valence electrons. The highest BCUT2D eigenvalue weighted by Crippen LogP contribution is 2.35. The molecule has 5 heteroatoms. The molecule has 17 heavy (non-hydrogen) atoms. The van der Waals surface area contributed by atoms with Crippen LogP contribution in [0.15, 0.2) is 0 Å². The summed E-state index contributed by atoms with van der Waals surface area (Å²) in [5.41, 5.74) is -0.0627. The van der Waals surface area contributed by atoms with Crippen LogP contribution in [-0.4, -0.2) is 65.4 Å². The molecule has 1 amide bonds. The normalized spacial score (nSPS) is 29.5. The average molecular weight is 240 g/mol. The Kier molecular flexibility index (Phi) is 2.75. The first-order chi connectivity index (χ1) is 8.19. The van der Waals surface area contributed by atoms with Crippen molar-refractivity contribution in [2.45, 2.75) is 37.3 Å². The second-order valence-electron chi connectivity index (χ2n) is 5.50. The molecule has 1 N–H and O–H groups in total. The molecule has 0 aromatic rings. The number of carboxylic acid groups (broad SMARTS) is 1. The lowest BCUT2D eigenvalue weighted by Crippen LogP contribution is -2.57. The molecule has 2 saturated heterocycles. The highest BCUT2D eigenvalue weighted by Gasteiger charge is 2.43. The number of ether oxygens (including phenoxy) is 1. The standard InChI is InChI=1S/C12H20N2O3/c15-11(16)13-5-3-12(4-6-13)9-14(7-8-17-12)10-1-2-10/h10H,1-9H2,(H,15,16). The molecule has 3 fully saturated rings. The van der Waals surface area contributed by atoms with E-state index in [1.165, 1.54) is 17.7 Å². The van der Waals surface area contributed by atoms with Gasteiger partial charge >= 0.3 is 6.09 Å². The summed E-state index contributed by atoms with van der Waals surface area (Å²) in [4.78, 5) is 14.9. The average Bonchev–Trinajstić information content (AvgIpc) is 3.13. The van der Waals surface area contributed by atoms with Crippen molar-refractivity contribution in [3.8, 4) is 0 Å². The summed E-state index contributed by atoms with van der Waals surface area (Å²) < 4.78 is 5.98. The van der Waals surface area contributed by atoms with Crippen LogP contribution in [0.2, 0.25) is 0 Å². The van der Waals surface area contributed by atoms with E-state index in [2.05, 4.69) is 4.90 Å². The van der Waals surface area contributed by atoms with E-state index < -0.39 is 6.09 Å². The van der Waals surface area contributed by atoms with Gasteiger partial charge in [0.05, 0.1) is 12.2 Å². The minimum absolute atomic E-state index is 0.0627. The van der Waals surface area contributed by atoms with Crippen LogP contribution in [0.5, 0.6) is 0 Å². The Morgan fingerprint density at radius 2 is 1.94 bits per heavy atom. The molecule has 0 aromatic carbocycles. The fraction of sp³-hybridized carbons (Fsp3) is 0.917. The summed E-state index contributed by atoms with van der Waals surface area (Å²) >= 11 is 0. The molecule has 3 aliphatic rings. The van der Waals surface area contributed by atoms with E-state index in [4.69, 9.17) is 9.84 Å². The number of piperidine rings is 1. The van der Waals surface area contributed by atoms with E-state index in [-0.39, 0.29) is 5.60 Å². The zero-order valence-corrected chi connectivity index (χ0v) is 10.1. The maximum atomic E-state index is 10.9. The largest absolute Gasteiger partial charge is 0.465 e. The third-order valence-corrected chi connectivity index (χ3v) is 4.29. The van der Waals surface area contributed by atoms with Crippen LogP contribution in [0.25, 0.3) is 0 Å². The number of rotatable bonds is 1. The van der Waals surface area contributed by atoms with Crippen molar-refractivity contribution >= 4 is 6.09 Å². The summed E-state index contributed by atoms with van der Waals surface area (Å²) in [6, 6.07) is 0.785. The summed E-state index contributed by atoms with van der Waals surface area (Å²) in [6.07, 6.45) is 3.56. The molecule has 2 aliphatic heterocycles. The Hall–Kier alpha value is -0.810. The van der Waals surface area contributed by atoms with Crippen molar-refractivity contribution in [1.29, 1.82) is 0 Å². The maximum Gasteiger partial charge on any atom is 0.407 e. The first-order valence-electron chi connectivity index (χ1n) is 6.54. The van der Waals surface area contributed by atoms with E-state index >= 15 is 0 Å². The zero-order chi connectivity index (χ0) is 11.9. The number of carbonyl (C=O) groups is 1. The second kappa shape index (κ2) is 4.14. The maximum absolute atomic E-state index is 10.9. The van der Waals surface area contributed by atoms with Gasteiger partial charge in [0.15, 0.2) is 0 Å². The van der Waals surface area contributed by atoms with Gasteiger partial charge in [-0.1, -0.05) is 0 Å². The van der Waals surface area contributed by atoms with Gasteiger partial charge in [-0.05, 0) is 25.7 Å². The summed E-state index contributed by atoms with van der Waals surface area (Å²) in [7, 11) is 0. The number of hydrogen-bond donors (Lipinski definition) is 1. The summed E-state index contributed by atoms with van der Waals surface area (Å²) in [5.74, 6) is 0. The third-order valence-electron chi connectivity index (χ3n) is 4.29. The van der Waals surface area contributed by atoms with Crippen LogP contribution in [0.1, 0.15) is 25.7 Å². The fourth-order valence-electron chi connectivity index (χ4n) is 3.03. The smallest absolute Gasteiger partial charge is 0.407 e. The highest BCUT2D eigenvalue weighted by atomic mass is 16.5. The van der Waals surface area contributed by atoms with E-state index in [9.17, 15) is 4.79 Å². The molecule has 0 radical (unpaired) electrons. The van der Waals surface area contributed by atoms with Crippen molar-refractivity contribution in [2.75, 3.05) is 32.8 Å². The van der Waals surface area contributed by atoms with Crippen LogP contribution in [0.4, 0.5) is 4.79 Å². The summed E-state index contributed by atoms with van der Waals surface area (Å²) in [6.45, 7) is 4.10. The van der Waals surface area contributed by atoms with Gasteiger partial charge in [0.2, 0.25) is 0 Å². The minimum atomic E-state index is -0.797. The van der Waals surface area contributed by atoms with Gasteiger partial charge in [0.25, 0.3) is 0 Å². The number of amides is 1. The van der Waals surface area contributed by atoms with Gasteiger partial charge in [-0.3, -0.25) is 4.90 Å². The number of likely N-dealkylation sites (tertiary alicyclic amines) is 1. The minimum Gasteiger partial charge on any atom is -0.465 e. The number of hydrogen-bond acceptors (Lipinski definition) is 3. The lowest BCUT2D eigenvalue weighted by atomic mass is 9.89. The Bertz CT molecular complexity index is 309. The van der Waals surface area contributed by atoms with E-state index in [1.807, 2.05) is 0 Å². The highest BCUT2D eigenvalue weighted by molar-refractivity contribution is 5.65. The van der Waals surface area contributed by atoms with Gasteiger partial charge in [-0.15, -0.1) is 0 Å². The van der Waals surface area contributed by atoms with Gasteiger partial charge in [0.1, 0.15) is 0 Å². The van der Waals surface area contributed by atoms with Crippen molar-refractivity contribution in [3.63, 3.8) is 0 Å². The van der Waals surface area contributed by atoms with Gasteiger partial charge < -0.3 is 14.7 Å². The van der Waals surface area contributed by atoms with E-state index in [0.717, 1.165) is 38.6 Å². The van der Waals surface area contributed by atoms with Crippen LogP contribution in [0.3, 0.4) is 0 Å². The van der Waals surface area contributed by atoms with Crippen LogP contribution < -0.4 is 0 Å². The van der Waals surface area contributed by atoms with E-state index in [0.29, 0.717) is 13.1 Å². The molecule has 3 rings (SSSR count). The molecule has 5 nitrogen and oxygen atoms in total. The van der Waals surface area contributed by atoms with Crippen molar-refractivity contribution in [2.24, 2.45) is 0 Å². The molecule has 1 saturated carbocycles. The zero-order valence-electron chi connectivity index (χ0n) is 10.1. The molecule has 2 heterocycles. The van der Waals surface area contributed by atoms with Crippen LogP contribution in [-0.2, 0) is 4.74 Å². The quantitative estimate of drug-likeness (QED) is 0.742. The number of nitrogens with zero attached hydrogens (tertiary/aromatic N) is 2. The number of morpholine rings is 1. The topological polar surface area (TPSA) is 53.0 Å². The molecule has 0 bridgehead atoms. The molecule has 0 unspecified atom stereocenters. The molecule has 1 aliphatic carbocycles. The van der Waals surface area contributed by atoms with Gasteiger partial charge in [-0.2, -0.15) is 0 Å². The summed E-state index contributed by atoms with van der Waals surface area (Å²) in [5, 5.41) is 8.95. The molecule has 0 aromatic heterocycles. The van der Waals surface area contributed by atoms with Gasteiger partial charge in [-0.25, -0.2) is 4.79 Å². The van der Waals surface area contributed by atoms with Gasteiger partial charge in [0, 0.05) is 32.2 Å². The lowest BCUT2D eigenvalue weighted by molar-refractivity contribution is -0.134. The predicted molar refractivity (Wildman–Crippen MR) is 62.1 cm³/mol. The Labute approximate surface area is 101 Å².